The minimum absolute atomic E-state index is 0.0587. The average Bonchev–Trinajstić information content (AvgIpc) is 2.87. The van der Waals surface area contributed by atoms with E-state index in [4.69, 9.17) is 9.90 Å². The molecule has 0 aliphatic heterocycles. The molecule has 0 unspecified atom stereocenters. The van der Waals surface area contributed by atoms with Crippen LogP contribution in [0.4, 0.5) is 0 Å². The molecule has 188 valence electrons. The van der Waals surface area contributed by atoms with Gasteiger partial charge in [0.1, 0.15) is 0 Å². The van der Waals surface area contributed by atoms with Crippen molar-refractivity contribution in [3.05, 3.63) is 89.5 Å². The lowest BCUT2D eigenvalue weighted by molar-refractivity contribution is -0.302. The van der Waals surface area contributed by atoms with Crippen LogP contribution in [-0.4, -0.2) is 5.97 Å². The van der Waals surface area contributed by atoms with E-state index in [1.54, 1.807) is 21.6 Å². The van der Waals surface area contributed by atoms with Crippen LogP contribution in [0.5, 0.6) is 0 Å². The molecule has 0 amide bonds. The topological polar surface area (TPSA) is 40.1 Å². The first-order valence-electron chi connectivity index (χ1n) is 13.2. The van der Waals surface area contributed by atoms with Crippen LogP contribution in [0.25, 0.3) is 0 Å². The molecular formula is C32H42O2S. The largest absolute Gasteiger partial charge is 0.550 e. The summed E-state index contributed by atoms with van der Waals surface area (Å²) in [7, 11) is -0.0587. The smallest absolute Gasteiger partial charge is 0.172 e. The summed E-state index contributed by atoms with van der Waals surface area (Å²) >= 11 is 0. The third kappa shape index (κ3) is 9.57. The second-order valence-electron chi connectivity index (χ2n) is 8.98. The molecule has 0 aliphatic carbocycles. The Morgan fingerprint density at radius 3 is 1.43 bits per heavy atom. The van der Waals surface area contributed by atoms with Crippen molar-refractivity contribution in [3.8, 4) is 0 Å². The van der Waals surface area contributed by atoms with E-state index in [1.807, 2.05) is 0 Å². The van der Waals surface area contributed by atoms with Gasteiger partial charge in [0.15, 0.2) is 14.7 Å². The normalized spacial score (nSPS) is 10.7. The van der Waals surface area contributed by atoms with Gasteiger partial charge in [-0.1, -0.05) is 88.6 Å². The molecule has 35 heavy (non-hydrogen) atoms. The summed E-state index contributed by atoms with van der Waals surface area (Å²) in [5.74, 6) is -1.08. The van der Waals surface area contributed by atoms with E-state index in [0.29, 0.717) is 0 Å². The minimum Gasteiger partial charge on any atom is -0.550 e. The predicted octanol–water partition coefficient (Wildman–Crippen LogP) is 7.57. The summed E-state index contributed by atoms with van der Waals surface area (Å²) in [6.07, 6.45) is 11.1. The lowest BCUT2D eigenvalue weighted by Crippen LogP contribution is -2.16. The number of carboxylic acids is 1. The monoisotopic (exact) mass is 490 g/mol. The number of aryl methyl sites for hydroxylation is 3. The van der Waals surface area contributed by atoms with Crippen molar-refractivity contribution in [2.75, 3.05) is 0 Å². The highest BCUT2D eigenvalue weighted by molar-refractivity contribution is 7.97. The fraction of sp³-hybridized carbons (Fsp3) is 0.406. The summed E-state index contributed by atoms with van der Waals surface area (Å²) in [5, 5.41) is 8.89. The fourth-order valence-corrected chi connectivity index (χ4v) is 6.65. The first-order chi connectivity index (χ1) is 17.0. The van der Waals surface area contributed by atoms with Crippen LogP contribution in [0.2, 0.25) is 0 Å². The molecule has 3 rings (SSSR count). The molecule has 0 spiro atoms. The van der Waals surface area contributed by atoms with E-state index in [1.165, 1.54) is 67.6 Å². The summed E-state index contributed by atoms with van der Waals surface area (Å²) in [4.78, 5) is 13.4. The van der Waals surface area contributed by atoms with Crippen molar-refractivity contribution in [3.63, 3.8) is 0 Å². The number of unbranched alkanes of at least 4 members (excludes halogenated alkanes) is 3. The molecule has 2 nitrogen and oxygen atoms in total. The highest BCUT2D eigenvalue weighted by atomic mass is 32.2. The van der Waals surface area contributed by atoms with E-state index >= 15 is 0 Å². The quantitative estimate of drug-likeness (QED) is 0.246. The molecule has 0 saturated heterocycles. The van der Waals surface area contributed by atoms with Crippen molar-refractivity contribution in [2.45, 2.75) is 100 Å². The van der Waals surface area contributed by atoms with Gasteiger partial charge in [-0.3, -0.25) is 0 Å². The van der Waals surface area contributed by atoms with Crippen molar-refractivity contribution in [1.29, 1.82) is 0 Å². The zero-order chi connectivity index (χ0) is 25.5. The highest BCUT2D eigenvalue weighted by Gasteiger charge is 2.33. The van der Waals surface area contributed by atoms with Crippen LogP contribution in [0, 0.1) is 0 Å². The Morgan fingerprint density at radius 2 is 1.06 bits per heavy atom. The van der Waals surface area contributed by atoms with Crippen LogP contribution in [0.15, 0.2) is 87.5 Å². The van der Waals surface area contributed by atoms with Gasteiger partial charge in [0.25, 0.3) is 0 Å². The lowest BCUT2D eigenvalue weighted by atomic mass is 9.96. The summed E-state index contributed by atoms with van der Waals surface area (Å²) in [5.41, 5.74) is 4.74. The first kappa shape index (κ1) is 28.7. The van der Waals surface area contributed by atoms with Gasteiger partial charge < -0.3 is 9.90 Å². The maximum absolute atomic E-state index is 8.89. The molecule has 3 aromatic rings. The molecule has 0 atom stereocenters. The van der Waals surface area contributed by atoms with Crippen LogP contribution < -0.4 is 5.11 Å². The number of hydrogen-bond donors (Lipinski definition) is 0. The van der Waals surface area contributed by atoms with E-state index in [9.17, 15) is 0 Å². The standard InChI is InChI=1S/C30H39S.C2H4O2/c1-4-7-16-25-23-26(17-8-5-2)30(27(24-25)18-9-6-3)31(28-19-12-10-13-20-28)29-21-14-11-15-22-29;1-2(3)4/h10-15,19-24H,4-9,16-18H2,1-3H3;1H3,(H,3,4)/q+1;/p-1. The Bertz CT molecular complexity index is 926. The van der Waals surface area contributed by atoms with Gasteiger partial charge in [0, 0.05) is 17.1 Å². The Morgan fingerprint density at radius 1 is 0.686 bits per heavy atom. The molecule has 3 heteroatoms. The summed E-state index contributed by atoms with van der Waals surface area (Å²) in [6, 6.07) is 27.5. The number of rotatable bonds is 12. The predicted molar refractivity (Wildman–Crippen MR) is 148 cm³/mol. The molecule has 0 heterocycles. The van der Waals surface area contributed by atoms with Gasteiger partial charge >= 0.3 is 0 Å². The van der Waals surface area contributed by atoms with Crippen molar-refractivity contribution in [1.82, 2.24) is 0 Å². The second kappa shape index (κ2) is 16.2. The highest BCUT2D eigenvalue weighted by Crippen LogP contribution is 2.37. The third-order valence-corrected chi connectivity index (χ3v) is 8.30. The molecule has 0 radical (unpaired) electrons. The van der Waals surface area contributed by atoms with Gasteiger partial charge in [-0.15, -0.1) is 0 Å². The van der Waals surface area contributed by atoms with E-state index in [-0.39, 0.29) is 10.9 Å². The number of aliphatic carboxylic acids is 1. The second-order valence-corrected chi connectivity index (χ2v) is 10.9. The van der Waals surface area contributed by atoms with Gasteiger partial charge in [-0.25, -0.2) is 0 Å². The Labute approximate surface area is 216 Å². The zero-order valence-electron chi connectivity index (χ0n) is 22.0. The van der Waals surface area contributed by atoms with Gasteiger partial charge in [-0.05, 0) is 75.3 Å². The Kier molecular flexibility index (Phi) is 13.3. The molecule has 0 aliphatic rings. The molecular weight excluding hydrogens is 448 g/mol. The summed E-state index contributed by atoms with van der Waals surface area (Å²) < 4.78 is 0. The molecule has 3 aromatic carbocycles. The van der Waals surface area contributed by atoms with Crippen LogP contribution >= 0.6 is 0 Å². The maximum Gasteiger partial charge on any atom is 0.172 e. The third-order valence-electron chi connectivity index (χ3n) is 5.88. The van der Waals surface area contributed by atoms with E-state index in [0.717, 1.165) is 6.92 Å². The van der Waals surface area contributed by atoms with Crippen molar-refractivity contribution >= 4 is 16.9 Å². The molecule has 0 N–H and O–H groups in total. The van der Waals surface area contributed by atoms with E-state index in [2.05, 4.69) is 93.6 Å². The van der Waals surface area contributed by atoms with Gasteiger partial charge in [0.05, 0.1) is 10.9 Å². The Hall–Kier alpha value is -2.52. The average molecular weight is 491 g/mol. The van der Waals surface area contributed by atoms with Crippen LogP contribution in [0.3, 0.4) is 0 Å². The lowest BCUT2D eigenvalue weighted by Gasteiger charge is -2.18. The van der Waals surface area contributed by atoms with Crippen LogP contribution in [-0.2, 0) is 35.0 Å². The van der Waals surface area contributed by atoms with Gasteiger partial charge in [-0.2, -0.15) is 0 Å². The molecule has 0 aromatic heterocycles. The maximum atomic E-state index is 8.89. The number of hydrogen-bond acceptors (Lipinski definition) is 2. The van der Waals surface area contributed by atoms with Crippen molar-refractivity contribution in [2.24, 2.45) is 0 Å². The Balaban J connectivity index is 0.00000100. The SMILES string of the molecule is CC(=O)[O-].CCCCc1cc(CCCC)c([S+](c2ccccc2)c2ccccc2)c(CCCC)c1. The molecule has 0 fully saturated rings. The molecule has 0 saturated carbocycles. The van der Waals surface area contributed by atoms with Crippen molar-refractivity contribution < 1.29 is 9.90 Å². The van der Waals surface area contributed by atoms with Crippen LogP contribution in [0.1, 0.15) is 82.9 Å². The number of carboxylic acid groups (broad SMARTS) is 1. The van der Waals surface area contributed by atoms with Gasteiger partial charge in [0.2, 0.25) is 0 Å². The van der Waals surface area contributed by atoms with E-state index < -0.39 is 5.97 Å². The molecule has 0 bridgehead atoms. The zero-order valence-corrected chi connectivity index (χ0v) is 22.8. The number of carbonyl (C=O) groups excluding carboxylic acids is 1. The summed E-state index contributed by atoms with van der Waals surface area (Å²) in [6.45, 7) is 7.89. The number of benzene rings is 3. The first-order valence-corrected chi connectivity index (χ1v) is 14.4. The minimum atomic E-state index is -1.08. The fourth-order valence-electron chi connectivity index (χ4n) is 4.20. The number of carbonyl (C=O) groups is 1.